The van der Waals surface area contributed by atoms with Crippen LogP contribution in [0.2, 0.25) is 0 Å². The zero-order valence-electron chi connectivity index (χ0n) is 12.0. The van der Waals surface area contributed by atoms with Gasteiger partial charge in [0.2, 0.25) is 0 Å². The molecule has 0 bridgehead atoms. The second kappa shape index (κ2) is 4.85. The summed E-state index contributed by atoms with van der Waals surface area (Å²) in [6.45, 7) is 6.40. The van der Waals surface area contributed by atoms with E-state index in [0.717, 1.165) is 43.4 Å². The zero-order valence-corrected chi connectivity index (χ0v) is 12.8. The summed E-state index contributed by atoms with van der Waals surface area (Å²) in [6, 6.07) is 2.18. The van der Waals surface area contributed by atoms with Gasteiger partial charge < -0.3 is 10.2 Å². The van der Waals surface area contributed by atoms with Crippen LogP contribution in [-0.2, 0) is 12.8 Å². The van der Waals surface area contributed by atoms with Crippen LogP contribution in [0.1, 0.15) is 33.5 Å². The molecule has 2 saturated heterocycles. The summed E-state index contributed by atoms with van der Waals surface area (Å²) >= 11 is 1.75. The van der Waals surface area contributed by atoms with Gasteiger partial charge in [0.1, 0.15) is 0 Å². The van der Waals surface area contributed by atoms with Gasteiger partial charge in [-0.25, -0.2) is 0 Å². The highest BCUT2D eigenvalue weighted by Gasteiger charge is 2.38. The minimum absolute atomic E-state index is 0.284. The van der Waals surface area contributed by atoms with E-state index >= 15 is 0 Å². The summed E-state index contributed by atoms with van der Waals surface area (Å²) in [5.41, 5.74) is 1.44. The van der Waals surface area contributed by atoms with Crippen molar-refractivity contribution in [2.24, 2.45) is 17.8 Å². The van der Waals surface area contributed by atoms with Crippen molar-refractivity contribution in [3.63, 3.8) is 0 Å². The summed E-state index contributed by atoms with van der Waals surface area (Å²) in [4.78, 5) is 17.2. The Labute approximate surface area is 124 Å². The van der Waals surface area contributed by atoms with Gasteiger partial charge in [0.15, 0.2) is 0 Å². The lowest BCUT2D eigenvalue weighted by atomic mass is 9.90. The Balaban J connectivity index is 1.52. The van der Waals surface area contributed by atoms with Crippen LogP contribution in [0, 0.1) is 17.8 Å². The van der Waals surface area contributed by atoms with Crippen molar-refractivity contribution in [3.05, 3.63) is 21.4 Å². The van der Waals surface area contributed by atoms with Gasteiger partial charge in [0.25, 0.3) is 5.91 Å². The molecule has 2 aliphatic heterocycles. The molecule has 1 N–H and O–H groups in total. The number of carbonyl (C=O) groups is 1. The number of nitrogens with one attached hydrogen (secondary N) is 1. The molecule has 4 heteroatoms. The molecule has 2 fully saturated rings. The van der Waals surface area contributed by atoms with Crippen molar-refractivity contribution >= 4 is 17.2 Å². The maximum atomic E-state index is 12.7. The number of carbonyl (C=O) groups excluding carboxylic acids is 1. The van der Waals surface area contributed by atoms with Gasteiger partial charge in [-0.2, -0.15) is 0 Å². The Morgan fingerprint density at radius 1 is 1.35 bits per heavy atom. The lowest BCUT2D eigenvalue weighted by Gasteiger charge is -2.16. The maximum Gasteiger partial charge on any atom is 0.263 e. The molecular formula is C16H22N2OS. The Morgan fingerprint density at radius 3 is 2.85 bits per heavy atom. The van der Waals surface area contributed by atoms with Crippen LogP contribution in [0.25, 0.3) is 0 Å². The number of thiophene rings is 1. The normalized spacial score (nSPS) is 32.2. The third-order valence-electron chi connectivity index (χ3n) is 5.22. The summed E-state index contributed by atoms with van der Waals surface area (Å²) in [5, 5.41) is 3.43. The number of amides is 1. The molecule has 108 valence electrons. The molecule has 3 heterocycles. The average Bonchev–Trinajstić information content (AvgIpc) is 3.10. The van der Waals surface area contributed by atoms with E-state index in [2.05, 4.69) is 23.2 Å². The zero-order chi connectivity index (χ0) is 13.7. The molecule has 0 radical (unpaired) electrons. The molecule has 1 aromatic rings. The van der Waals surface area contributed by atoms with Crippen molar-refractivity contribution in [1.82, 2.24) is 10.2 Å². The first-order valence-corrected chi connectivity index (χ1v) is 8.64. The van der Waals surface area contributed by atoms with Crippen molar-refractivity contribution in [3.8, 4) is 0 Å². The van der Waals surface area contributed by atoms with Crippen LogP contribution < -0.4 is 5.32 Å². The van der Waals surface area contributed by atoms with Crippen molar-refractivity contribution in [2.75, 3.05) is 26.2 Å². The Hall–Kier alpha value is -0.870. The average molecular weight is 290 g/mol. The Bertz CT molecular complexity index is 527. The van der Waals surface area contributed by atoms with E-state index in [9.17, 15) is 4.79 Å². The molecule has 1 unspecified atom stereocenters. The molecular weight excluding hydrogens is 268 g/mol. The largest absolute Gasteiger partial charge is 0.337 e. The highest BCUT2D eigenvalue weighted by atomic mass is 32.1. The first kappa shape index (κ1) is 12.8. The predicted octanol–water partition coefficient (Wildman–Crippen LogP) is 2.16. The highest BCUT2D eigenvalue weighted by molar-refractivity contribution is 7.14. The van der Waals surface area contributed by atoms with Gasteiger partial charge >= 0.3 is 0 Å². The quantitative estimate of drug-likeness (QED) is 0.859. The van der Waals surface area contributed by atoms with E-state index in [1.165, 1.54) is 23.3 Å². The van der Waals surface area contributed by atoms with E-state index in [4.69, 9.17) is 0 Å². The van der Waals surface area contributed by atoms with Gasteiger partial charge in [-0.1, -0.05) is 6.92 Å². The van der Waals surface area contributed by atoms with Crippen molar-refractivity contribution in [1.29, 1.82) is 0 Å². The van der Waals surface area contributed by atoms with Crippen LogP contribution in [-0.4, -0.2) is 37.0 Å². The number of likely N-dealkylation sites (tertiary alicyclic amines) is 1. The second-order valence-corrected chi connectivity index (χ2v) is 7.93. The van der Waals surface area contributed by atoms with E-state index in [1.54, 1.807) is 11.3 Å². The number of hydrogen-bond donors (Lipinski definition) is 1. The van der Waals surface area contributed by atoms with Gasteiger partial charge in [0.05, 0.1) is 4.88 Å². The Kier molecular flexibility index (Phi) is 3.11. The van der Waals surface area contributed by atoms with Gasteiger partial charge in [-0.3, -0.25) is 4.79 Å². The highest BCUT2D eigenvalue weighted by Crippen LogP contribution is 2.34. The first-order valence-electron chi connectivity index (χ1n) is 7.82. The van der Waals surface area contributed by atoms with Crippen molar-refractivity contribution < 1.29 is 4.79 Å². The van der Waals surface area contributed by atoms with E-state index in [-0.39, 0.29) is 5.91 Å². The van der Waals surface area contributed by atoms with Crippen LogP contribution >= 0.6 is 11.3 Å². The molecule has 0 saturated carbocycles. The molecule has 1 aromatic heterocycles. The van der Waals surface area contributed by atoms with E-state index in [1.807, 2.05) is 0 Å². The van der Waals surface area contributed by atoms with E-state index in [0.29, 0.717) is 11.8 Å². The number of nitrogens with zero attached hydrogens (tertiary/aromatic N) is 1. The van der Waals surface area contributed by atoms with Gasteiger partial charge in [0, 0.05) is 31.1 Å². The predicted molar refractivity (Wildman–Crippen MR) is 81.3 cm³/mol. The SMILES string of the molecule is CC1CCc2sc(C(=O)N3C[C@H]4CNC[C@H]4C3)cc2C1. The summed E-state index contributed by atoms with van der Waals surface area (Å²) < 4.78 is 0. The minimum Gasteiger partial charge on any atom is -0.337 e. The van der Waals surface area contributed by atoms with Gasteiger partial charge in [-0.05, 0) is 48.6 Å². The molecule has 1 aliphatic carbocycles. The summed E-state index contributed by atoms with van der Waals surface area (Å²) in [7, 11) is 0. The molecule has 4 rings (SSSR count). The molecule has 3 nitrogen and oxygen atoms in total. The minimum atomic E-state index is 0.284. The molecule has 0 aromatic carbocycles. The molecule has 1 amide bonds. The van der Waals surface area contributed by atoms with Crippen LogP contribution in [0.4, 0.5) is 0 Å². The standard InChI is InChI=1S/C16H22N2OS/c1-10-2-3-14-11(4-10)5-15(20-14)16(19)18-8-12-6-17-7-13(12)9-18/h5,10,12-13,17H,2-4,6-9H2,1H3/t10?,12-,13+. The number of hydrogen-bond acceptors (Lipinski definition) is 3. The lowest BCUT2D eigenvalue weighted by molar-refractivity contribution is 0.0786. The first-order chi connectivity index (χ1) is 9.70. The summed E-state index contributed by atoms with van der Waals surface area (Å²) in [5.74, 6) is 2.44. The number of aryl methyl sites for hydroxylation is 1. The monoisotopic (exact) mass is 290 g/mol. The van der Waals surface area contributed by atoms with Crippen molar-refractivity contribution in [2.45, 2.75) is 26.2 Å². The topological polar surface area (TPSA) is 32.3 Å². The lowest BCUT2D eigenvalue weighted by Crippen LogP contribution is -2.31. The van der Waals surface area contributed by atoms with Crippen LogP contribution in [0.3, 0.4) is 0 Å². The Morgan fingerprint density at radius 2 is 2.10 bits per heavy atom. The molecule has 20 heavy (non-hydrogen) atoms. The third-order valence-corrected chi connectivity index (χ3v) is 6.44. The van der Waals surface area contributed by atoms with Crippen LogP contribution in [0.15, 0.2) is 6.07 Å². The number of rotatable bonds is 1. The van der Waals surface area contributed by atoms with Crippen LogP contribution in [0.5, 0.6) is 0 Å². The number of fused-ring (bicyclic) bond motifs is 2. The van der Waals surface area contributed by atoms with Gasteiger partial charge in [-0.15, -0.1) is 11.3 Å². The van der Waals surface area contributed by atoms with E-state index < -0.39 is 0 Å². The molecule has 3 atom stereocenters. The summed E-state index contributed by atoms with van der Waals surface area (Å²) in [6.07, 6.45) is 3.61. The second-order valence-electron chi connectivity index (χ2n) is 6.80. The molecule has 3 aliphatic rings. The molecule has 0 spiro atoms. The fraction of sp³-hybridized carbons (Fsp3) is 0.688. The third kappa shape index (κ3) is 2.09. The maximum absolute atomic E-state index is 12.7. The smallest absolute Gasteiger partial charge is 0.263 e. The fourth-order valence-corrected chi connectivity index (χ4v) is 5.16. The fourth-order valence-electron chi connectivity index (χ4n) is 3.99.